The molecule has 108 valence electrons. The second kappa shape index (κ2) is 6.12. The number of hydrogen-bond acceptors (Lipinski definition) is 4. The minimum absolute atomic E-state index is 0.101. The Bertz CT molecular complexity index is 793. The maximum absolute atomic E-state index is 12.2. The Labute approximate surface area is 128 Å². The molecule has 1 aromatic heterocycles. The van der Waals surface area contributed by atoms with E-state index in [0.29, 0.717) is 16.7 Å². The van der Waals surface area contributed by atoms with Gasteiger partial charge in [0, 0.05) is 6.20 Å². The van der Waals surface area contributed by atoms with E-state index in [1.54, 1.807) is 31.2 Å². The number of rotatable bonds is 4. The fourth-order valence-electron chi connectivity index (χ4n) is 1.79. The number of pyridine rings is 1. The number of hydrogen-bond donors (Lipinski definition) is 1. The zero-order valence-electron chi connectivity index (χ0n) is 11.2. The number of aromatic nitrogens is 1. The molecule has 1 aromatic carbocycles. The first-order chi connectivity index (χ1) is 9.91. The summed E-state index contributed by atoms with van der Waals surface area (Å²) in [6.45, 7) is 1.74. The summed E-state index contributed by atoms with van der Waals surface area (Å²) in [5.41, 5.74) is 1.90. The van der Waals surface area contributed by atoms with Crippen LogP contribution in [0.1, 0.15) is 16.7 Å². The molecule has 0 aliphatic rings. The Balaban J connectivity index is 2.25. The normalized spacial score (nSPS) is 10.9. The van der Waals surface area contributed by atoms with Gasteiger partial charge in [0.15, 0.2) is 5.15 Å². The maximum Gasteiger partial charge on any atom is 0.237 e. The van der Waals surface area contributed by atoms with E-state index < -0.39 is 10.0 Å². The van der Waals surface area contributed by atoms with Crippen LogP contribution in [0, 0.1) is 18.3 Å². The lowest BCUT2D eigenvalue weighted by Crippen LogP contribution is -2.16. The zero-order chi connectivity index (χ0) is 15.5. The molecular formula is C14H12ClN3O2S. The highest BCUT2D eigenvalue weighted by Gasteiger charge is 2.16. The van der Waals surface area contributed by atoms with E-state index in [9.17, 15) is 8.42 Å². The minimum Gasteiger partial charge on any atom is -0.280 e. The standard InChI is InChI=1S/C14H12ClN3O2S/c1-10-5-6-17-14(15)13(10)18-21(19,20)9-12-4-2-3-11(7-12)8-16/h2-7,18H,9H2,1H3. The Kier molecular flexibility index (Phi) is 4.46. The molecule has 0 saturated heterocycles. The van der Waals surface area contributed by atoms with Crippen LogP contribution >= 0.6 is 11.6 Å². The third kappa shape index (κ3) is 3.94. The number of halogens is 1. The molecule has 0 spiro atoms. The molecule has 0 radical (unpaired) electrons. The van der Waals surface area contributed by atoms with Crippen molar-refractivity contribution in [1.82, 2.24) is 4.98 Å². The summed E-state index contributed by atoms with van der Waals surface area (Å²) in [7, 11) is -3.64. The molecule has 0 saturated carbocycles. The van der Waals surface area contributed by atoms with Crippen LogP contribution in [-0.2, 0) is 15.8 Å². The molecule has 2 rings (SSSR count). The minimum atomic E-state index is -3.64. The molecule has 1 heterocycles. The summed E-state index contributed by atoms with van der Waals surface area (Å²) in [5, 5.41) is 8.93. The zero-order valence-corrected chi connectivity index (χ0v) is 12.7. The summed E-state index contributed by atoms with van der Waals surface area (Å²) < 4.78 is 26.8. The molecule has 0 unspecified atom stereocenters. The van der Waals surface area contributed by atoms with Crippen LogP contribution in [0.15, 0.2) is 36.5 Å². The smallest absolute Gasteiger partial charge is 0.237 e. The largest absolute Gasteiger partial charge is 0.280 e. The summed E-state index contributed by atoms with van der Waals surface area (Å²) in [4.78, 5) is 3.85. The van der Waals surface area contributed by atoms with Gasteiger partial charge in [-0.05, 0) is 36.2 Å². The van der Waals surface area contributed by atoms with Crippen molar-refractivity contribution in [3.63, 3.8) is 0 Å². The number of nitrogens with one attached hydrogen (secondary N) is 1. The topological polar surface area (TPSA) is 82.8 Å². The fourth-order valence-corrected chi connectivity index (χ4v) is 3.36. The predicted octanol–water partition coefficient (Wildman–Crippen LogP) is 2.86. The lowest BCUT2D eigenvalue weighted by atomic mass is 10.2. The SMILES string of the molecule is Cc1ccnc(Cl)c1NS(=O)(=O)Cc1cccc(C#N)c1. The van der Waals surface area contributed by atoms with E-state index in [0.717, 1.165) is 0 Å². The van der Waals surface area contributed by atoms with Gasteiger partial charge in [-0.1, -0.05) is 23.7 Å². The van der Waals surface area contributed by atoms with Gasteiger partial charge in [0.1, 0.15) is 0 Å². The van der Waals surface area contributed by atoms with Gasteiger partial charge in [-0.3, -0.25) is 4.72 Å². The molecule has 1 N–H and O–H groups in total. The highest BCUT2D eigenvalue weighted by molar-refractivity contribution is 7.91. The van der Waals surface area contributed by atoms with Crippen LogP contribution in [0.2, 0.25) is 5.15 Å². The Morgan fingerprint density at radius 3 is 2.81 bits per heavy atom. The lowest BCUT2D eigenvalue weighted by molar-refractivity contribution is 0.600. The third-order valence-corrected chi connectivity index (χ3v) is 4.30. The third-order valence-electron chi connectivity index (χ3n) is 2.78. The van der Waals surface area contributed by atoms with Crippen molar-refractivity contribution >= 4 is 27.3 Å². The quantitative estimate of drug-likeness (QED) is 0.878. The number of nitrogens with zero attached hydrogens (tertiary/aromatic N) is 2. The van der Waals surface area contributed by atoms with E-state index >= 15 is 0 Å². The van der Waals surface area contributed by atoms with Crippen molar-refractivity contribution in [3.05, 3.63) is 58.4 Å². The number of anilines is 1. The molecule has 0 fully saturated rings. The molecule has 0 atom stereocenters. The van der Waals surface area contributed by atoms with Gasteiger partial charge in [0.25, 0.3) is 0 Å². The predicted molar refractivity (Wildman–Crippen MR) is 81.4 cm³/mol. The number of nitriles is 1. The average Bonchev–Trinajstić information content (AvgIpc) is 2.43. The highest BCUT2D eigenvalue weighted by Crippen LogP contribution is 2.24. The average molecular weight is 322 g/mol. The molecule has 0 bridgehead atoms. The van der Waals surface area contributed by atoms with E-state index in [2.05, 4.69) is 9.71 Å². The van der Waals surface area contributed by atoms with E-state index in [4.69, 9.17) is 16.9 Å². The second-order valence-electron chi connectivity index (χ2n) is 4.47. The molecule has 0 aliphatic carbocycles. The maximum atomic E-state index is 12.2. The number of sulfonamides is 1. The Hall–Kier alpha value is -2.10. The first-order valence-electron chi connectivity index (χ1n) is 6.02. The van der Waals surface area contributed by atoms with Crippen molar-refractivity contribution in [3.8, 4) is 6.07 Å². The van der Waals surface area contributed by atoms with Crippen molar-refractivity contribution < 1.29 is 8.42 Å². The van der Waals surface area contributed by atoms with Gasteiger partial charge < -0.3 is 0 Å². The Morgan fingerprint density at radius 1 is 1.38 bits per heavy atom. The van der Waals surface area contributed by atoms with E-state index in [-0.39, 0.29) is 16.6 Å². The summed E-state index contributed by atoms with van der Waals surface area (Å²) >= 11 is 5.91. The van der Waals surface area contributed by atoms with Crippen molar-refractivity contribution in [1.29, 1.82) is 5.26 Å². The monoisotopic (exact) mass is 321 g/mol. The van der Waals surface area contributed by atoms with Crippen LogP contribution in [0.4, 0.5) is 5.69 Å². The van der Waals surface area contributed by atoms with Crippen LogP contribution in [0.5, 0.6) is 0 Å². The molecule has 5 nitrogen and oxygen atoms in total. The van der Waals surface area contributed by atoms with E-state index in [1.165, 1.54) is 12.3 Å². The number of benzene rings is 1. The summed E-state index contributed by atoms with van der Waals surface area (Å²) in [6.07, 6.45) is 1.51. The molecule has 7 heteroatoms. The summed E-state index contributed by atoms with van der Waals surface area (Å²) in [6, 6.07) is 10.1. The van der Waals surface area contributed by atoms with Crippen LogP contribution in [0.3, 0.4) is 0 Å². The van der Waals surface area contributed by atoms with Crippen molar-refractivity contribution in [2.75, 3.05) is 4.72 Å². The van der Waals surface area contributed by atoms with Gasteiger partial charge >= 0.3 is 0 Å². The Morgan fingerprint density at radius 2 is 2.14 bits per heavy atom. The van der Waals surface area contributed by atoms with Gasteiger partial charge in [-0.15, -0.1) is 0 Å². The van der Waals surface area contributed by atoms with E-state index in [1.807, 2.05) is 6.07 Å². The van der Waals surface area contributed by atoms with Crippen LogP contribution in [0.25, 0.3) is 0 Å². The van der Waals surface area contributed by atoms with Gasteiger partial charge in [0.2, 0.25) is 10.0 Å². The first-order valence-corrected chi connectivity index (χ1v) is 8.05. The molecule has 21 heavy (non-hydrogen) atoms. The molecule has 0 amide bonds. The van der Waals surface area contributed by atoms with Crippen LogP contribution < -0.4 is 4.72 Å². The first kappa shape index (κ1) is 15.3. The van der Waals surface area contributed by atoms with Crippen LogP contribution in [-0.4, -0.2) is 13.4 Å². The molecule has 2 aromatic rings. The fraction of sp³-hybridized carbons (Fsp3) is 0.143. The van der Waals surface area contributed by atoms with Gasteiger partial charge in [0.05, 0.1) is 23.1 Å². The van der Waals surface area contributed by atoms with Gasteiger partial charge in [-0.2, -0.15) is 5.26 Å². The highest BCUT2D eigenvalue weighted by atomic mass is 35.5. The molecular weight excluding hydrogens is 310 g/mol. The number of aryl methyl sites for hydroxylation is 1. The van der Waals surface area contributed by atoms with Crippen molar-refractivity contribution in [2.24, 2.45) is 0 Å². The molecule has 0 aliphatic heterocycles. The lowest BCUT2D eigenvalue weighted by Gasteiger charge is -2.11. The van der Waals surface area contributed by atoms with Gasteiger partial charge in [-0.25, -0.2) is 13.4 Å². The second-order valence-corrected chi connectivity index (χ2v) is 6.55. The van der Waals surface area contributed by atoms with Crippen molar-refractivity contribution in [2.45, 2.75) is 12.7 Å². The summed E-state index contributed by atoms with van der Waals surface area (Å²) in [5.74, 6) is -0.243.